The second-order valence-corrected chi connectivity index (χ2v) is 7.42. The van der Waals surface area contributed by atoms with Gasteiger partial charge >= 0.3 is 0 Å². The number of rotatable bonds is 7. The van der Waals surface area contributed by atoms with Crippen LogP contribution in [0.3, 0.4) is 0 Å². The second-order valence-electron chi connectivity index (χ2n) is 7.42. The quantitative estimate of drug-likeness (QED) is 0.668. The number of hydrogen-bond acceptors (Lipinski definition) is 5. The number of carbonyl (C=O) groups is 2. The molecule has 0 atom stereocenters. The molecule has 0 unspecified atom stereocenters. The lowest BCUT2D eigenvalue weighted by Gasteiger charge is -2.29. The largest absolute Gasteiger partial charge is 0.493 e. The third kappa shape index (κ3) is 6.33. The Morgan fingerprint density at radius 3 is 2.39 bits per heavy atom. The van der Waals surface area contributed by atoms with Crippen molar-refractivity contribution >= 4 is 23.6 Å². The van der Waals surface area contributed by atoms with Crippen LogP contribution in [0.15, 0.2) is 48.5 Å². The van der Waals surface area contributed by atoms with Crippen LogP contribution in [0.1, 0.15) is 24.0 Å². The number of anilines is 1. The van der Waals surface area contributed by atoms with Crippen LogP contribution in [0.5, 0.6) is 11.5 Å². The molecule has 1 aliphatic heterocycles. The molecule has 1 heterocycles. The van der Waals surface area contributed by atoms with Crippen molar-refractivity contribution in [2.75, 3.05) is 32.6 Å². The molecule has 31 heavy (non-hydrogen) atoms. The third-order valence-electron chi connectivity index (χ3n) is 5.23. The summed E-state index contributed by atoms with van der Waals surface area (Å²) in [5, 5.41) is 12.4. The van der Waals surface area contributed by atoms with E-state index in [-0.39, 0.29) is 17.9 Å². The standard InChI is InChI=1S/C24H28N2O5/c1-30-21-9-5-17(15-22(21)31-2)6-10-23(28)25-19-7-3-18(4-8-19)16-24(29)26-13-11-20(27)12-14-26/h3-10,15,20,27H,11-14,16H2,1-2H3,(H,25,28)/b10-6+. The van der Waals surface area contributed by atoms with Gasteiger partial charge in [-0.25, -0.2) is 0 Å². The van der Waals surface area contributed by atoms with E-state index < -0.39 is 0 Å². The molecule has 7 nitrogen and oxygen atoms in total. The lowest BCUT2D eigenvalue weighted by Crippen LogP contribution is -2.40. The molecule has 2 N–H and O–H groups in total. The van der Waals surface area contributed by atoms with Crippen molar-refractivity contribution in [1.29, 1.82) is 0 Å². The maximum absolute atomic E-state index is 12.4. The van der Waals surface area contributed by atoms with Crippen LogP contribution >= 0.6 is 0 Å². The molecule has 0 saturated carbocycles. The van der Waals surface area contributed by atoms with Gasteiger partial charge in [0.25, 0.3) is 0 Å². The van der Waals surface area contributed by atoms with Gasteiger partial charge < -0.3 is 24.8 Å². The van der Waals surface area contributed by atoms with Crippen molar-refractivity contribution < 1.29 is 24.2 Å². The highest BCUT2D eigenvalue weighted by Gasteiger charge is 2.21. The van der Waals surface area contributed by atoms with Crippen molar-refractivity contribution in [3.8, 4) is 11.5 Å². The number of methoxy groups -OCH3 is 2. The fourth-order valence-corrected chi connectivity index (χ4v) is 3.42. The number of aliphatic hydroxyl groups excluding tert-OH is 1. The maximum Gasteiger partial charge on any atom is 0.248 e. The molecule has 0 bridgehead atoms. The second kappa shape index (κ2) is 10.6. The van der Waals surface area contributed by atoms with E-state index in [2.05, 4.69) is 5.32 Å². The summed E-state index contributed by atoms with van der Waals surface area (Å²) < 4.78 is 10.5. The summed E-state index contributed by atoms with van der Waals surface area (Å²) >= 11 is 0. The van der Waals surface area contributed by atoms with Crippen LogP contribution in [0, 0.1) is 0 Å². The Labute approximate surface area is 182 Å². The molecule has 1 saturated heterocycles. The zero-order chi connectivity index (χ0) is 22.2. The van der Waals surface area contributed by atoms with Crippen molar-refractivity contribution in [1.82, 2.24) is 4.90 Å². The average molecular weight is 424 g/mol. The molecular formula is C24H28N2O5. The maximum atomic E-state index is 12.4. The predicted molar refractivity (Wildman–Crippen MR) is 119 cm³/mol. The summed E-state index contributed by atoms with van der Waals surface area (Å²) in [6.45, 7) is 1.20. The van der Waals surface area contributed by atoms with Crippen molar-refractivity contribution in [3.05, 3.63) is 59.7 Å². The zero-order valence-corrected chi connectivity index (χ0v) is 17.8. The highest BCUT2D eigenvalue weighted by molar-refractivity contribution is 6.02. The number of ether oxygens (including phenoxy) is 2. The van der Waals surface area contributed by atoms with E-state index in [0.29, 0.717) is 49.5 Å². The normalized spacial score (nSPS) is 14.5. The summed E-state index contributed by atoms with van der Waals surface area (Å²) in [6, 6.07) is 12.6. The summed E-state index contributed by atoms with van der Waals surface area (Å²) in [5.74, 6) is 1.02. The first-order valence-electron chi connectivity index (χ1n) is 10.2. The summed E-state index contributed by atoms with van der Waals surface area (Å²) in [6.07, 6.45) is 4.42. The number of piperidine rings is 1. The van der Waals surface area contributed by atoms with Gasteiger partial charge in [0.05, 0.1) is 26.7 Å². The lowest BCUT2D eigenvalue weighted by atomic mass is 10.1. The first-order valence-corrected chi connectivity index (χ1v) is 10.2. The minimum atomic E-state index is -0.298. The molecule has 3 rings (SSSR count). The fraction of sp³-hybridized carbons (Fsp3) is 0.333. The average Bonchev–Trinajstić information content (AvgIpc) is 2.79. The molecule has 2 aromatic carbocycles. The van der Waals surface area contributed by atoms with E-state index >= 15 is 0 Å². The molecule has 2 amide bonds. The van der Waals surface area contributed by atoms with E-state index in [0.717, 1.165) is 11.1 Å². The molecule has 1 aliphatic rings. The van der Waals surface area contributed by atoms with Gasteiger partial charge in [-0.15, -0.1) is 0 Å². The number of nitrogens with one attached hydrogen (secondary N) is 1. The Kier molecular flexibility index (Phi) is 7.67. The molecule has 2 aromatic rings. The zero-order valence-electron chi connectivity index (χ0n) is 17.8. The fourth-order valence-electron chi connectivity index (χ4n) is 3.42. The van der Waals surface area contributed by atoms with Gasteiger partial charge in [0, 0.05) is 24.9 Å². The SMILES string of the molecule is COc1ccc(/C=C/C(=O)Nc2ccc(CC(=O)N3CCC(O)CC3)cc2)cc1OC. The van der Waals surface area contributed by atoms with Crippen LogP contribution in [-0.4, -0.2) is 55.2 Å². The van der Waals surface area contributed by atoms with Gasteiger partial charge in [0.2, 0.25) is 11.8 Å². The Morgan fingerprint density at radius 1 is 1.06 bits per heavy atom. The Bertz CT molecular complexity index is 931. The van der Waals surface area contributed by atoms with Crippen LogP contribution in [0.4, 0.5) is 5.69 Å². The summed E-state index contributed by atoms with van der Waals surface area (Å²) in [4.78, 5) is 26.4. The molecule has 7 heteroatoms. The molecule has 164 valence electrons. The number of amides is 2. The smallest absolute Gasteiger partial charge is 0.248 e. The molecule has 0 spiro atoms. The first-order chi connectivity index (χ1) is 15.0. The van der Waals surface area contributed by atoms with Crippen LogP contribution in [0.25, 0.3) is 6.08 Å². The van der Waals surface area contributed by atoms with E-state index in [1.54, 1.807) is 49.5 Å². The number of likely N-dealkylation sites (tertiary alicyclic amines) is 1. The third-order valence-corrected chi connectivity index (χ3v) is 5.23. The van der Waals surface area contributed by atoms with Crippen molar-refractivity contribution in [2.45, 2.75) is 25.4 Å². The van der Waals surface area contributed by atoms with Gasteiger partial charge in [-0.2, -0.15) is 0 Å². The van der Waals surface area contributed by atoms with Gasteiger partial charge in [-0.05, 0) is 54.3 Å². The summed E-state index contributed by atoms with van der Waals surface area (Å²) in [7, 11) is 3.13. The minimum absolute atomic E-state index is 0.0570. The predicted octanol–water partition coefficient (Wildman–Crippen LogP) is 2.88. The van der Waals surface area contributed by atoms with Crippen LogP contribution < -0.4 is 14.8 Å². The minimum Gasteiger partial charge on any atom is -0.493 e. The number of hydrogen-bond donors (Lipinski definition) is 2. The number of benzene rings is 2. The van der Waals surface area contributed by atoms with Gasteiger partial charge in [0.15, 0.2) is 11.5 Å². The van der Waals surface area contributed by atoms with Crippen LogP contribution in [-0.2, 0) is 16.0 Å². The van der Waals surface area contributed by atoms with Gasteiger partial charge in [-0.1, -0.05) is 18.2 Å². The number of aliphatic hydroxyl groups is 1. The number of nitrogens with zero attached hydrogens (tertiary/aromatic N) is 1. The van der Waals surface area contributed by atoms with Crippen LogP contribution in [0.2, 0.25) is 0 Å². The van der Waals surface area contributed by atoms with Gasteiger partial charge in [-0.3, -0.25) is 9.59 Å². The van der Waals surface area contributed by atoms with Crippen molar-refractivity contribution in [2.24, 2.45) is 0 Å². The molecule has 0 aliphatic carbocycles. The topological polar surface area (TPSA) is 88.1 Å². The molecule has 1 fully saturated rings. The first kappa shape index (κ1) is 22.4. The Morgan fingerprint density at radius 2 is 1.74 bits per heavy atom. The van der Waals surface area contributed by atoms with E-state index in [9.17, 15) is 14.7 Å². The molecule has 0 aromatic heterocycles. The van der Waals surface area contributed by atoms with E-state index in [1.165, 1.54) is 6.08 Å². The summed E-state index contributed by atoms with van der Waals surface area (Å²) in [5.41, 5.74) is 2.35. The Hall–Kier alpha value is -3.32. The molecule has 0 radical (unpaired) electrons. The monoisotopic (exact) mass is 424 g/mol. The van der Waals surface area contributed by atoms with E-state index in [1.807, 2.05) is 18.2 Å². The van der Waals surface area contributed by atoms with Gasteiger partial charge in [0.1, 0.15) is 0 Å². The highest BCUT2D eigenvalue weighted by atomic mass is 16.5. The number of carbonyl (C=O) groups excluding carboxylic acids is 2. The van der Waals surface area contributed by atoms with Crippen molar-refractivity contribution in [3.63, 3.8) is 0 Å². The molecular weight excluding hydrogens is 396 g/mol. The van der Waals surface area contributed by atoms with E-state index in [4.69, 9.17) is 9.47 Å². The lowest BCUT2D eigenvalue weighted by molar-refractivity contribution is -0.132. The highest BCUT2D eigenvalue weighted by Crippen LogP contribution is 2.28. The Balaban J connectivity index is 1.53.